The van der Waals surface area contributed by atoms with Crippen LogP contribution in [0.15, 0.2) is 12.1 Å². The highest BCUT2D eigenvalue weighted by atomic mass is 28.4. The van der Waals surface area contributed by atoms with Crippen LogP contribution in [0.3, 0.4) is 0 Å². The number of methoxy groups -OCH3 is 1. The molecule has 0 rings (SSSR count). The average molecular weight is 189 g/mol. The van der Waals surface area contributed by atoms with Gasteiger partial charge in [-0.25, -0.2) is 0 Å². The standard InChI is InChI=1S/C8H19NO2Si/c1-9(2)7-8(10-3)11-12(4,5)6/h7H,1-6H3/b8-7+. The number of ether oxygens (including phenoxy) is 1. The Morgan fingerprint density at radius 3 is 2.00 bits per heavy atom. The highest BCUT2D eigenvalue weighted by Gasteiger charge is 2.18. The normalized spacial score (nSPS) is 12.7. The number of hydrogen-bond donors (Lipinski definition) is 0. The maximum absolute atomic E-state index is 5.63. The third-order valence-electron chi connectivity index (χ3n) is 0.972. The smallest absolute Gasteiger partial charge is 0.281 e. The van der Waals surface area contributed by atoms with Crippen LogP contribution in [0, 0.1) is 0 Å². The molecule has 0 N–H and O–H groups in total. The van der Waals surface area contributed by atoms with Gasteiger partial charge in [0.1, 0.15) is 0 Å². The first-order valence-corrected chi connectivity index (χ1v) is 7.37. The predicted molar refractivity (Wildman–Crippen MR) is 53.2 cm³/mol. The summed E-state index contributed by atoms with van der Waals surface area (Å²) >= 11 is 0. The summed E-state index contributed by atoms with van der Waals surface area (Å²) in [7, 11) is 3.97. The van der Waals surface area contributed by atoms with Crippen LogP contribution in [-0.4, -0.2) is 34.4 Å². The van der Waals surface area contributed by atoms with Crippen LogP contribution >= 0.6 is 0 Å². The van der Waals surface area contributed by atoms with E-state index in [1.165, 1.54) is 0 Å². The van der Waals surface area contributed by atoms with E-state index in [0.29, 0.717) is 5.95 Å². The predicted octanol–water partition coefficient (Wildman–Crippen LogP) is 1.84. The Labute approximate surface area is 76.1 Å². The molecule has 3 nitrogen and oxygen atoms in total. The molecule has 0 saturated heterocycles. The third kappa shape index (κ3) is 6.09. The molecule has 0 aromatic rings. The van der Waals surface area contributed by atoms with E-state index < -0.39 is 8.32 Å². The Morgan fingerprint density at radius 2 is 1.75 bits per heavy atom. The second-order valence-corrected chi connectivity index (χ2v) is 8.26. The van der Waals surface area contributed by atoms with Gasteiger partial charge in [0.05, 0.1) is 13.3 Å². The van der Waals surface area contributed by atoms with Crippen LogP contribution < -0.4 is 0 Å². The molecule has 0 aliphatic carbocycles. The Hall–Kier alpha value is -0.643. The third-order valence-corrected chi connectivity index (χ3v) is 1.79. The molecule has 0 amide bonds. The van der Waals surface area contributed by atoms with E-state index >= 15 is 0 Å². The van der Waals surface area contributed by atoms with Crippen LogP contribution in [0.5, 0.6) is 0 Å². The molecule has 0 atom stereocenters. The number of hydrogen-bond acceptors (Lipinski definition) is 3. The van der Waals surface area contributed by atoms with Crippen molar-refractivity contribution in [3.8, 4) is 0 Å². The van der Waals surface area contributed by atoms with Gasteiger partial charge in [-0.3, -0.25) is 0 Å². The van der Waals surface area contributed by atoms with Gasteiger partial charge < -0.3 is 14.1 Å². The lowest BCUT2D eigenvalue weighted by Gasteiger charge is -2.21. The fraction of sp³-hybridized carbons (Fsp3) is 0.750. The lowest BCUT2D eigenvalue weighted by atomic mass is 10.8. The molecule has 0 aromatic heterocycles. The van der Waals surface area contributed by atoms with Gasteiger partial charge in [-0.2, -0.15) is 0 Å². The van der Waals surface area contributed by atoms with E-state index in [-0.39, 0.29) is 0 Å². The zero-order valence-electron chi connectivity index (χ0n) is 8.84. The van der Waals surface area contributed by atoms with Crippen molar-refractivity contribution in [3.63, 3.8) is 0 Å². The van der Waals surface area contributed by atoms with Crippen LogP contribution in [0.4, 0.5) is 0 Å². The summed E-state index contributed by atoms with van der Waals surface area (Å²) in [5, 5.41) is 0. The highest BCUT2D eigenvalue weighted by molar-refractivity contribution is 6.69. The summed E-state index contributed by atoms with van der Waals surface area (Å²) in [5.74, 6) is 0.596. The molecular weight excluding hydrogens is 170 g/mol. The van der Waals surface area contributed by atoms with Crippen LogP contribution in [0.25, 0.3) is 0 Å². The first kappa shape index (κ1) is 11.4. The second kappa shape index (κ2) is 4.40. The van der Waals surface area contributed by atoms with Crippen LogP contribution in [0.2, 0.25) is 19.6 Å². The Morgan fingerprint density at radius 1 is 1.25 bits per heavy atom. The Bertz CT molecular complexity index is 161. The van der Waals surface area contributed by atoms with Gasteiger partial charge in [-0.1, -0.05) is 0 Å². The van der Waals surface area contributed by atoms with Crippen molar-refractivity contribution in [1.82, 2.24) is 4.90 Å². The lowest BCUT2D eigenvalue weighted by Crippen LogP contribution is -2.26. The molecule has 0 bridgehead atoms. The molecule has 0 aliphatic rings. The zero-order chi connectivity index (χ0) is 9.78. The molecule has 0 radical (unpaired) electrons. The fourth-order valence-corrected chi connectivity index (χ4v) is 1.37. The quantitative estimate of drug-likeness (QED) is 0.497. The van der Waals surface area contributed by atoms with E-state index in [9.17, 15) is 0 Å². The topological polar surface area (TPSA) is 21.7 Å². The van der Waals surface area contributed by atoms with E-state index in [1.54, 1.807) is 7.11 Å². The minimum absolute atomic E-state index is 0.596. The van der Waals surface area contributed by atoms with Crippen molar-refractivity contribution < 1.29 is 9.16 Å². The molecule has 0 heterocycles. The number of rotatable bonds is 4. The summed E-state index contributed by atoms with van der Waals surface area (Å²) in [6, 6.07) is 0. The monoisotopic (exact) mass is 189 g/mol. The molecule has 0 spiro atoms. The van der Waals surface area contributed by atoms with Crippen molar-refractivity contribution in [2.24, 2.45) is 0 Å². The average Bonchev–Trinajstić information content (AvgIpc) is 1.82. The van der Waals surface area contributed by atoms with Gasteiger partial charge in [0.2, 0.25) is 8.32 Å². The highest BCUT2D eigenvalue weighted by Crippen LogP contribution is 2.10. The molecule has 0 aromatic carbocycles. The summed E-state index contributed by atoms with van der Waals surface area (Å²) in [5.41, 5.74) is 0. The molecule has 0 saturated carbocycles. The van der Waals surface area contributed by atoms with Crippen molar-refractivity contribution in [2.45, 2.75) is 19.6 Å². The molecule has 0 unspecified atom stereocenters. The molecule has 0 aliphatic heterocycles. The molecule has 0 fully saturated rings. The molecule has 4 heteroatoms. The molecule has 12 heavy (non-hydrogen) atoms. The van der Waals surface area contributed by atoms with Crippen molar-refractivity contribution >= 4 is 8.32 Å². The first-order valence-electron chi connectivity index (χ1n) is 3.96. The van der Waals surface area contributed by atoms with Gasteiger partial charge in [0.25, 0.3) is 5.95 Å². The van der Waals surface area contributed by atoms with Crippen molar-refractivity contribution in [1.29, 1.82) is 0 Å². The summed E-state index contributed by atoms with van der Waals surface area (Å²) in [6.45, 7) is 6.36. The Kier molecular flexibility index (Phi) is 4.16. The van der Waals surface area contributed by atoms with E-state index in [1.807, 2.05) is 25.2 Å². The van der Waals surface area contributed by atoms with Gasteiger partial charge in [-0.15, -0.1) is 0 Å². The van der Waals surface area contributed by atoms with Gasteiger partial charge in [-0.05, 0) is 19.6 Å². The van der Waals surface area contributed by atoms with Crippen LogP contribution in [-0.2, 0) is 9.16 Å². The van der Waals surface area contributed by atoms with Gasteiger partial charge in [0, 0.05) is 14.1 Å². The lowest BCUT2D eigenvalue weighted by molar-refractivity contribution is 0.139. The maximum Gasteiger partial charge on any atom is 0.281 e. The largest absolute Gasteiger partial charge is 0.519 e. The van der Waals surface area contributed by atoms with Gasteiger partial charge >= 0.3 is 0 Å². The number of nitrogens with zero attached hydrogens (tertiary/aromatic N) is 1. The van der Waals surface area contributed by atoms with E-state index in [4.69, 9.17) is 9.16 Å². The Balaban J connectivity index is 4.18. The van der Waals surface area contributed by atoms with E-state index in [0.717, 1.165) is 0 Å². The summed E-state index contributed by atoms with van der Waals surface area (Å²) in [4.78, 5) is 1.90. The maximum atomic E-state index is 5.63. The van der Waals surface area contributed by atoms with Crippen LogP contribution in [0.1, 0.15) is 0 Å². The van der Waals surface area contributed by atoms with E-state index in [2.05, 4.69) is 19.6 Å². The minimum atomic E-state index is -1.53. The zero-order valence-corrected chi connectivity index (χ0v) is 9.84. The molecule has 72 valence electrons. The van der Waals surface area contributed by atoms with Crippen molar-refractivity contribution in [3.05, 3.63) is 12.1 Å². The molecular formula is C8H19NO2Si. The summed E-state index contributed by atoms with van der Waals surface area (Å²) < 4.78 is 10.7. The fourth-order valence-electron chi connectivity index (χ4n) is 0.633. The summed E-state index contributed by atoms with van der Waals surface area (Å²) in [6.07, 6.45) is 1.83. The first-order chi connectivity index (χ1) is 5.35. The minimum Gasteiger partial charge on any atom is -0.519 e. The SMILES string of the molecule is CO/C(=C\N(C)C)O[Si](C)(C)C. The van der Waals surface area contributed by atoms with Crippen molar-refractivity contribution in [2.75, 3.05) is 21.2 Å². The second-order valence-electron chi connectivity index (χ2n) is 3.83. The van der Waals surface area contributed by atoms with Gasteiger partial charge in [0.15, 0.2) is 0 Å².